The van der Waals surface area contributed by atoms with Gasteiger partial charge in [0.05, 0.1) is 24.1 Å². The van der Waals surface area contributed by atoms with Gasteiger partial charge in [0, 0.05) is 5.39 Å². The molecule has 1 aromatic carbocycles. The number of benzene rings is 1. The molecule has 0 radical (unpaired) electrons. The number of hydrogen-bond acceptors (Lipinski definition) is 7. The Morgan fingerprint density at radius 1 is 1.11 bits per heavy atom. The predicted molar refractivity (Wildman–Crippen MR) is 102 cm³/mol. The molecule has 1 unspecified atom stereocenters. The zero-order valence-electron chi connectivity index (χ0n) is 14.7. The van der Waals surface area contributed by atoms with Gasteiger partial charge in [-0.1, -0.05) is 30.0 Å². The summed E-state index contributed by atoms with van der Waals surface area (Å²) in [5.74, 6) is 1.50. The lowest BCUT2D eigenvalue weighted by Crippen LogP contribution is -1.98. The fourth-order valence-electron chi connectivity index (χ4n) is 2.66. The van der Waals surface area contributed by atoms with E-state index in [-0.39, 0.29) is 11.0 Å². The summed E-state index contributed by atoms with van der Waals surface area (Å²) in [5.41, 5.74) is 0.836. The molecule has 0 N–H and O–H groups in total. The number of thioether (sulfide) groups is 1. The molecule has 3 aromatic heterocycles. The van der Waals surface area contributed by atoms with E-state index in [2.05, 4.69) is 4.98 Å². The number of rotatable bonds is 5. The molecule has 0 aliphatic heterocycles. The van der Waals surface area contributed by atoms with Crippen LogP contribution >= 0.6 is 11.8 Å². The van der Waals surface area contributed by atoms with Crippen LogP contribution in [0.15, 0.2) is 68.7 Å². The second-order valence-corrected chi connectivity index (χ2v) is 7.13. The standard InChI is InChI=1S/C20H16N2O4S/c1-12(15-9-10-17(26-15)20(23)24-2)27-19-13-6-3-4-7-14(13)21-18(22-19)16-8-5-11-25-16/h3-12H,1-2H3. The van der Waals surface area contributed by atoms with E-state index < -0.39 is 5.97 Å². The van der Waals surface area contributed by atoms with Crippen molar-refractivity contribution in [2.75, 3.05) is 7.11 Å². The molecule has 4 rings (SSSR count). The second-order valence-electron chi connectivity index (χ2n) is 5.80. The fraction of sp³-hybridized carbons (Fsp3) is 0.150. The molecule has 0 bridgehead atoms. The summed E-state index contributed by atoms with van der Waals surface area (Å²) in [7, 11) is 1.33. The molecular weight excluding hydrogens is 364 g/mol. The van der Waals surface area contributed by atoms with Crippen LogP contribution < -0.4 is 0 Å². The molecule has 0 aliphatic carbocycles. The van der Waals surface area contributed by atoms with Gasteiger partial charge in [0.2, 0.25) is 5.76 Å². The van der Waals surface area contributed by atoms with E-state index in [4.69, 9.17) is 18.6 Å². The first-order valence-corrected chi connectivity index (χ1v) is 9.19. The van der Waals surface area contributed by atoms with Gasteiger partial charge in [-0.15, -0.1) is 0 Å². The van der Waals surface area contributed by atoms with Gasteiger partial charge in [0.25, 0.3) is 0 Å². The van der Waals surface area contributed by atoms with Crippen molar-refractivity contribution in [2.24, 2.45) is 0 Å². The number of fused-ring (bicyclic) bond motifs is 1. The highest BCUT2D eigenvalue weighted by atomic mass is 32.2. The van der Waals surface area contributed by atoms with Gasteiger partial charge in [0.15, 0.2) is 11.6 Å². The number of para-hydroxylation sites is 1. The third-order valence-corrected chi connectivity index (χ3v) is 5.13. The minimum Gasteiger partial charge on any atom is -0.463 e. The molecule has 7 heteroatoms. The van der Waals surface area contributed by atoms with Crippen LogP contribution in [0.4, 0.5) is 0 Å². The largest absolute Gasteiger partial charge is 0.463 e. The summed E-state index contributed by atoms with van der Waals surface area (Å²) < 4.78 is 15.8. The summed E-state index contributed by atoms with van der Waals surface area (Å²) in [6.07, 6.45) is 1.60. The van der Waals surface area contributed by atoms with Crippen molar-refractivity contribution < 1.29 is 18.4 Å². The second kappa shape index (κ2) is 7.28. The van der Waals surface area contributed by atoms with Gasteiger partial charge in [-0.2, -0.15) is 0 Å². The highest BCUT2D eigenvalue weighted by molar-refractivity contribution is 7.99. The molecule has 0 aliphatic rings. The van der Waals surface area contributed by atoms with Gasteiger partial charge in [0.1, 0.15) is 10.8 Å². The fourth-order valence-corrected chi connectivity index (χ4v) is 3.68. The van der Waals surface area contributed by atoms with E-state index >= 15 is 0 Å². The molecule has 0 spiro atoms. The number of furan rings is 2. The number of esters is 1. The molecule has 0 saturated carbocycles. The zero-order valence-corrected chi connectivity index (χ0v) is 15.5. The summed E-state index contributed by atoms with van der Waals surface area (Å²) >= 11 is 1.53. The predicted octanol–water partition coefficient (Wildman–Crippen LogP) is 5.12. The van der Waals surface area contributed by atoms with E-state index in [1.54, 1.807) is 24.5 Å². The van der Waals surface area contributed by atoms with Crippen LogP contribution in [0.2, 0.25) is 0 Å². The van der Waals surface area contributed by atoms with Crippen molar-refractivity contribution in [1.29, 1.82) is 0 Å². The summed E-state index contributed by atoms with van der Waals surface area (Å²) in [5, 5.41) is 1.70. The molecule has 6 nitrogen and oxygen atoms in total. The number of carbonyl (C=O) groups excluding carboxylic acids is 1. The quantitative estimate of drug-likeness (QED) is 0.270. The Morgan fingerprint density at radius 2 is 1.96 bits per heavy atom. The van der Waals surface area contributed by atoms with Crippen molar-refractivity contribution in [3.05, 3.63) is 66.3 Å². The molecule has 27 heavy (non-hydrogen) atoms. The molecule has 136 valence electrons. The van der Waals surface area contributed by atoms with E-state index in [9.17, 15) is 4.79 Å². The topological polar surface area (TPSA) is 78.4 Å². The highest BCUT2D eigenvalue weighted by Gasteiger charge is 2.19. The average Bonchev–Trinajstić information content (AvgIpc) is 3.39. The Kier molecular flexibility index (Phi) is 4.68. The molecular formula is C20H16N2O4S. The van der Waals surface area contributed by atoms with Crippen molar-refractivity contribution in [1.82, 2.24) is 9.97 Å². The molecule has 1 atom stereocenters. The highest BCUT2D eigenvalue weighted by Crippen LogP contribution is 2.38. The maximum Gasteiger partial charge on any atom is 0.373 e. The molecule has 0 saturated heterocycles. The SMILES string of the molecule is COC(=O)c1ccc(C(C)Sc2nc(-c3ccco3)nc3ccccc23)o1. The van der Waals surface area contributed by atoms with Crippen LogP contribution in [0, 0.1) is 0 Å². The normalized spacial score (nSPS) is 12.2. The van der Waals surface area contributed by atoms with E-state index in [1.165, 1.54) is 18.9 Å². The number of nitrogens with zero attached hydrogens (tertiary/aromatic N) is 2. The number of aromatic nitrogens is 2. The lowest BCUT2D eigenvalue weighted by atomic mass is 10.2. The minimum atomic E-state index is -0.494. The van der Waals surface area contributed by atoms with Gasteiger partial charge in [-0.3, -0.25) is 0 Å². The Labute approximate surface area is 159 Å². The first-order chi connectivity index (χ1) is 13.2. The van der Waals surface area contributed by atoms with Gasteiger partial charge < -0.3 is 13.6 Å². The first-order valence-electron chi connectivity index (χ1n) is 8.31. The van der Waals surface area contributed by atoms with E-state index in [0.29, 0.717) is 17.3 Å². The number of carbonyl (C=O) groups is 1. The maximum atomic E-state index is 11.6. The van der Waals surface area contributed by atoms with Crippen LogP contribution in [0.5, 0.6) is 0 Å². The Morgan fingerprint density at radius 3 is 2.74 bits per heavy atom. The van der Waals surface area contributed by atoms with Crippen molar-refractivity contribution in [3.8, 4) is 11.6 Å². The Bertz CT molecular complexity index is 1090. The third-order valence-electron chi connectivity index (χ3n) is 4.01. The monoisotopic (exact) mass is 380 g/mol. The van der Waals surface area contributed by atoms with Gasteiger partial charge >= 0.3 is 5.97 Å². The number of methoxy groups -OCH3 is 1. The number of ether oxygens (including phenoxy) is 1. The summed E-state index contributed by atoms with van der Waals surface area (Å²) in [6.45, 7) is 1.99. The average molecular weight is 380 g/mol. The zero-order chi connectivity index (χ0) is 18.8. The lowest BCUT2D eigenvalue weighted by molar-refractivity contribution is 0.0563. The number of hydrogen-bond donors (Lipinski definition) is 0. The minimum absolute atomic E-state index is 0.0637. The molecule has 4 aromatic rings. The van der Waals surface area contributed by atoms with Crippen LogP contribution in [-0.2, 0) is 4.74 Å². The van der Waals surface area contributed by atoms with Gasteiger partial charge in [-0.25, -0.2) is 14.8 Å². The molecule has 0 fully saturated rings. The smallest absolute Gasteiger partial charge is 0.373 e. The van der Waals surface area contributed by atoms with Gasteiger partial charge in [-0.05, 0) is 37.3 Å². The summed E-state index contributed by atoms with van der Waals surface area (Å²) in [6, 6.07) is 14.9. The lowest BCUT2D eigenvalue weighted by Gasteiger charge is -2.11. The van der Waals surface area contributed by atoms with Crippen LogP contribution in [0.1, 0.15) is 28.5 Å². The van der Waals surface area contributed by atoms with Crippen LogP contribution in [0.25, 0.3) is 22.5 Å². The van der Waals surface area contributed by atoms with Crippen LogP contribution in [0.3, 0.4) is 0 Å². The third kappa shape index (κ3) is 3.46. The van der Waals surface area contributed by atoms with Crippen molar-refractivity contribution >= 4 is 28.6 Å². The maximum absolute atomic E-state index is 11.6. The Hall–Kier alpha value is -3.06. The van der Waals surface area contributed by atoms with Crippen LogP contribution in [-0.4, -0.2) is 23.0 Å². The van der Waals surface area contributed by atoms with Crippen molar-refractivity contribution in [2.45, 2.75) is 17.2 Å². The molecule has 3 heterocycles. The van der Waals surface area contributed by atoms with Crippen molar-refractivity contribution in [3.63, 3.8) is 0 Å². The van der Waals surface area contributed by atoms with E-state index in [0.717, 1.165) is 15.9 Å². The summed E-state index contributed by atoms with van der Waals surface area (Å²) in [4.78, 5) is 20.9. The van der Waals surface area contributed by atoms with E-state index in [1.807, 2.05) is 37.3 Å². The first kappa shape index (κ1) is 17.4. The Balaban J connectivity index is 1.70. The molecule has 0 amide bonds.